The topological polar surface area (TPSA) is 114 Å². The average molecular weight is 328 g/mol. The summed E-state index contributed by atoms with van der Waals surface area (Å²) in [6.07, 6.45) is 1.32. The molecule has 1 aliphatic rings. The summed E-state index contributed by atoms with van der Waals surface area (Å²) >= 11 is 3.17. The van der Waals surface area contributed by atoms with E-state index in [0.29, 0.717) is 4.47 Å². The van der Waals surface area contributed by atoms with Crippen molar-refractivity contribution < 1.29 is 19.5 Å². The van der Waals surface area contributed by atoms with Gasteiger partial charge in [0.1, 0.15) is 0 Å². The number of hydrogen-bond donors (Lipinski definition) is 2. The zero-order valence-electron chi connectivity index (χ0n) is 9.67. The summed E-state index contributed by atoms with van der Waals surface area (Å²) in [5.41, 5.74) is 5.10. The van der Waals surface area contributed by atoms with Crippen molar-refractivity contribution in [1.29, 1.82) is 0 Å². The molecule has 0 bridgehead atoms. The molecular weight excluding hydrogens is 318 g/mol. The molecule has 7 nitrogen and oxygen atoms in total. The Hall–Kier alpha value is -1.96. The summed E-state index contributed by atoms with van der Waals surface area (Å²) in [5.74, 6) is -2.76. The molecule has 0 saturated carbocycles. The van der Waals surface area contributed by atoms with E-state index in [-0.39, 0.29) is 30.3 Å². The molecule has 8 heteroatoms. The first-order chi connectivity index (χ1) is 8.90. The number of pyridine rings is 1. The first kappa shape index (κ1) is 13.5. The first-order valence-electron chi connectivity index (χ1n) is 5.38. The fourth-order valence-corrected chi connectivity index (χ4v) is 2.25. The van der Waals surface area contributed by atoms with E-state index in [1.54, 1.807) is 0 Å². The minimum Gasteiger partial charge on any atom is -0.476 e. The van der Waals surface area contributed by atoms with Crippen LogP contribution in [-0.4, -0.2) is 34.4 Å². The molecule has 1 fully saturated rings. The number of aromatic carboxylic acids is 1. The van der Waals surface area contributed by atoms with E-state index < -0.39 is 17.8 Å². The van der Waals surface area contributed by atoms with Crippen molar-refractivity contribution in [2.24, 2.45) is 11.7 Å². The molecule has 1 aromatic rings. The third-order valence-corrected chi connectivity index (χ3v) is 3.29. The molecule has 1 unspecified atom stereocenters. The maximum Gasteiger partial charge on any atom is 0.356 e. The largest absolute Gasteiger partial charge is 0.476 e. The lowest BCUT2D eigenvalue weighted by Gasteiger charge is -2.18. The van der Waals surface area contributed by atoms with Gasteiger partial charge in [-0.2, -0.15) is 0 Å². The maximum atomic E-state index is 11.9. The Kier molecular flexibility index (Phi) is 3.52. The Labute approximate surface area is 116 Å². The van der Waals surface area contributed by atoms with Gasteiger partial charge in [0.25, 0.3) is 0 Å². The SMILES string of the molecule is NC(=O)C1CC(=O)N(c2cc(Br)cnc2C(=O)O)C1. The van der Waals surface area contributed by atoms with Gasteiger partial charge in [0.15, 0.2) is 5.69 Å². The molecule has 100 valence electrons. The standard InChI is InChI=1S/C11H10BrN3O4/c12-6-2-7(9(11(18)19)14-3-6)15-4-5(10(13)17)1-8(15)16/h2-3,5H,1,4H2,(H2,13,17)(H,18,19). The molecule has 2 rings (SSSR count). The van der Waals surface area contributed by atoms with E-state index in [0.717, 1.165) is 0 Å². The molecule has 1 aromatic heterocycles. The summed E-state index contributed by atoms with van der Waals surface area (Å²) in [6, 6.07) is 1.48. The van der Waals surface area contributed by atoms with E-state index in [4.69, 9.17) is 10.8 Å². The highest BCUT2D eigenvalue weighted by atomic mass is 79.9. The Balaban J connectivity index is 2.42. The summed E-state index contributed by atoms with van der Waals surface area (Å²) < 4.78 is 0.544. The van der Waals surface area contributed by atoms with E-state index >= 15 is 0 Å². The van der Waals surface area contributed by atoms with Crippen molar-refractivity contribution in [2.75, 3.05) is 11.4 Å². The Bertz CT molecular complexity index is 575. The van der Waals surface area contributed by atoms with Gasteiger partial charge in [-0.25, -0.2) is 9.78 Å². The lowest BCUT2D eigenvalue weighted by atomic mass is 10.1. The maximum absolute atomic E-state index is 11.9. The number of hydrogen-bond acceptors (Lipinski definition) is 4. The molecule has 0 spiro atoms. The summed E-state index contributed by atoms with van der Waals surface area (Å²) in [7, 11) is 0. The van der Waals surface area contributed by atoms with Crippen LogP contribution >= 0.6 is 15.9 Å². The molecule has 1 saturated heterocycles. The highest BCUT2D eigenvalue weighted by Crippen LogP contribution is 2.29. The number of carbonyl (C=O) groups is 3. The summed E-state index contributed by atoms with van der Waals surface area (Å²) in [4.78, 5) is 39.1. The fraction of sp³-hybridized carbons (Fsp3) is 0.273. The average Bonchev–Trinajstić information content (AvgIpc) is 2.71. The number of anilines is 1. The number of carboxylic acids is 1. The number of nitrogens with two attached hydrogens (primary N) is 1. The predicted octanol–water partition coefficient (Wildman–Crippen LogP) is 0.380. The Morgan fingerprint density at radius 3 is 2.74 bits per heavy atom. The van der Waals surface area contributed by atoms with Crippen LogP contribution < -0.4 is 10.6 Å². The first-order valence-corrected chi connectivity index (χ1v) is 6.18. The normalized spacial score (nSPS) is 18.7. The summed E-state index contributed by atoms with van der Waals surface area (Å²) in [6.45, 7) is 0.0760. The molecule has 19 heavy (non-hydrogen) atoms. The van der Waals surface area contributed by atoms with E-state index in [9.17, 15) is 14.4 Å². The van der Waals surface area contributed by atoms with Crippen LogP contribution in [0.15, 0.2) is 16.7 Å². The number of carboxylic acid groups (broad SMARTS) is 1. The Morgan fingerprint density at radius 1 is 1.53 bits per heavy atom. The molecule has 2 amide bonds. The second-order valence-electron chi connectivity index (χ2n) is 4.13. The number of amides is 2. The summed E-state index contributed by atoms with van der Waals surface area (Å²) in [5, 5.41) is 9.07. The van der Waals surface area contributed by atoms with Gasteiger partial charge in [-0.1, -0.05) is 0 Å². The molecule has 2 heterocycles. The fourth-order valence-electron chi connectivity index (χ4n) is 1.93. The monoisotopic (exact) mass is 327 g/mol. The van der Waals surface area contributed by atoms with Crippen molar-refractivity contribution in [1.82, 2.24) is 4.98 Å². The number of rotatable bonds is 3. The smallest absolute Gasteiger partial charge is 0.356 e. The molecule has 0 radical (unpaired) electrons. The zero-order chi connectivity index (χ0) is 14.2. The van der Waals surface area contributed by atoms with Gasteiger partial charge < -0.3 is 15.7 Å². The number of aromatic nitrogens is 1. The van der Waals surface area contributed by atoms with Gasteiger partial charge in [-0.15, -0.1) is 0 Å². The zero-order valence-corrected chi connectivity index (χ0v) is 11.3. The number of nitrogens with zero attached hydrogens (tertiary/aromatic N) is 2. The quantitative estimate of drug-likeness (QED) is 0.833. The van der Waals surface area contributed by atoms with Gasteiger partial charge in [0.2, 0.25) is 11.8 Å². The second kappa shape index (κ2) is 4.96. The van der Waals surface area contributed by atoms with Crippen molar-refractivity contribution in [3.8, 4) is 0 Å². The van der Waals surface area contributed by atoms with Gasteiger partial charge in [0.05, 0.1) is 11.6 Å². The molecule has 1 atom stereocenters. The van der Waals surface area contributed by atoms with Crippen molar-refractivity contribution in [3.05, 3.63) is 22.4 Å². The lowest BCUT2D eigenvalue weighted by Crippen LogP contribution is -2.29. The van der Waals surface area contributed by atoms with Crippen LogP contribution in [0.4, 0.5) is 5.69 Å². The molecular formula is C11H10BrN3O4. The van der Waals surface area contributed by atoms with Crippen LogP contribution in [0.25, 0.3) is 0 Å². The molecule has 0 aliphatic carbocycles. The Morgan fingerprint density at radius 2 is 2.21 bits per heavy atom. The predicted molar refractivity (Wildman–Crippen MR) is 68.6 cm³/mol. The van der Waals surface area contributed by atoms with Gasteiger partial charge in [-0.05, 0) is 22.0 Å². The van der Waals surface area contributed by atoms with E-state index in [2.05, 4.69) is 20.9 Å². The van der Waals surface area contributed by atoms with Crippen LogP contribution in [0.1, 0.15) is 16.9 Å². The molecule has 0 aromatic carbocycles. The highest BCUT2D eigenvalue weighted by molar-refractivity contribution is 9.10. The number of carbonyl (C=O) groups excluding carboxylic acids is 2. The van der Waals surface area contributed by atoms with Crippen molar-refractivity contribution >= 4 is 39.4 Å². The third-order valence-electron chi connectivity index (χ3n) is 2.85. The molecule has 3 N–H and O–H groups in total. The van der Waals surface area contributed by atoms with Gasteiger partial charge in [-0.3, -0.25) is 9.59 Å². The highest BCUT2D eigenvalue weighted by Gasteiger charge is 2.36. The number of primary amides is 1. The second-order valence-corrected chi connectivity index (χ2v) is 5.05. The number of halogens is 1. The van der Waals surface area contributed by atoms with Gasteiger partial charge in [0, 0.05) is 23.6 Å². The van der Waals surface area contributed by atoms with E-state index in [1.165, 1.54) is 17.2 Å². The van der Waals surface area contributed by atoms with Gasteiger partial charge >= 0.3 is 5.97 Å². The van der Waals surface area contributed by atoms with Crippen molar-refractivity contribution in [2.45, 2.75) is 6.42 Å². The van der Waals surface area contributed by atoms with E-state index in [1.807, 2.05) is 0 Å². The van der Waals surface area contributed by atoms with Crippen molar-refractivity contribution in [3.63, 3.8) is 0 Å². The molecule has 1 aliphatic heterocycles. The third kappa shape index (κ3) is 2.58. The van der Waals surface area contributed by atoms with Crippen LogP contribution in [0.3, 0.4) is 0 Å². The van der Waals surface area contributed by atoms with Crippen LogP contribution in [-0.2, 0) is 9.59 Å². The van der Waals surface area contributed by atoms with Crippen LogP contribution in [0, 0.1) is 5.92 Å². The van der Waals surface area contributed by atoms with Crippen LogP contribution in [0.5, 0.6) is 0 Å². The minimum atomic E-state index is -1.24. The van der Waals surface area contributed by atoms with Crippen LogP contribution in [0.2, 0.25) is 0 Å². The lowest BCUT2D eigenvalue weighted by molar-refractivity contribution is -0.123. The minimum absolute atomic E-state index is 0.0130.